The molecule has 0 saturated heterocycles. The molecule has 0 amide bonds. The number of rotatable bonds is 2. The molecule has 0 aliphatic heterocycles. The molecule has 0 radical (unpaired) electrons. The molecule has 0 aliphatic carbocycles. The lowest BCUT2D eigenvalue weighted by molar-refractivity contribution is 0.112. The van der Waals surface area contributed by atoms with Crippen LogP contribution in [0.4, 0.5) is 0 Å². The summed E-state index contributed by atoms with van der Waals surface area (Å²) >= 11 is 0. The van der Waals surface area contributed by atoms with E-state index in [1.54, 1.807) is 12.3 Å². The predicted molar refractivity (Wildman–Crippen MR) is 63.8 cm³/mol. The average molecular weight is 226 g/mol. The quantitative estimate of drug-likeness (QED) is 0.657. The van der Waals surface area contributed by atoms with E-state index in [1.807, 2.05) is 19.1 Å². The minimum Gasteiger partial charge on any atom is -0.337 e. The van der Waals surface area contributed by atoms with Crippen molar-refractivity contribution in [3.63, 3.8) is 0 Å². The lowest BCUT2D eigenvalue weighted by atomic mass is 10.1. The molecule has 3 aromatic rings. The molecular weight excluding hydrogens is 216 g/mol. The first-order chi connectivity index (χ1) is 8.28. The minimum atomic E-state index is 0.536. The molecule has 17 heavy (non-hydrogen) atoms. The SMILES string of the molecule is Cc1[nH]ncc1-c1ccc2cc(C=O)[nH]c2n1. The fourth-order valence-corrected chi connectivity index (χ4v) is 1.85. The van der Waals surface area contributed by atoms with Crippen LogP contribution in [0.5, 0.6) is 0 Å². The fourth-order valence-electron chi connectivity index (χ4n) is 1.85. The smallest absolute Gasteiger partial charge is 0.166 e. The number of nitrogens with one attached hydrogen (secondary N) is 2. The average Bonchev–Trinajstić information content (AvgIpc) is 2.93. The molecule has 0 atom stereocenters. The van der Waals surface area contributed by atoms with Crippen molar-refractivity contribution in [1.82, 2.24) is 20.2 Å². The van der Waals surface area contributed by atoms with Gasteiger partial charge < -0.3 is 4.98 Å². The Bertz CT molecular complexity index is 695. The van der Waals surface area contributed by atoms with Crippen LogP contribution in [0.15, 0.2) is 24.4 Å². The number of carbonyl (C=O) groups is 1. The third kappa shape index (κ3) is 1.52. The van der Waals surface area contributed by atoms with Gasteiger partial charge >= 0.3 is 0 Å². The number of nitrogens with zero attached hydrogens (tertiary/aromatic N) is 2. The second-order valence-corrected chi connectivity index (χ2v) is 3.89. The van der Waals surface area contributed by atoms with Gasteiger partial charge in [0.05, 0.1) is 17.6 Å². The Morgan fingerprint density at radius 1 is 1.35 bits per heavy atom. The summed E-state index contributed by atoms with van der Waals surface area (Å²) in [5.41, 5.74) is 4.02. The normalized spacial score (nSPS) is 10.9. The Hall–Kier alpha value is -2.43. The Labute approximate surface area is 96.9 Å². The number of aldehydes is 1. The maximum absolute atomic E-state index is 10.7. The summed E-state index contributed by atoms with van der Waals surface area (Å²) in [5, 5.41) is 7.77. The molecule has 0 unspecified atom stereocenters. The maximum atomic E-state index is 10.7. The van der Waals surface area contributed by atoms with Crippen molar-refractivity contribution in [2.75, 3.05) is 0 Å². The van der Waals surface area contributed by atoms with E-state index in [0.717, 1.165) is 28.6 Å². The number of hydrogen-bond donors (Lipinski definition) is 2. The highest BCUT2D eigenvalue weighted by Gasteiger charge is 2.07. The van der Waals surface area contributed by atoms with Crippen molar-refractivity contribution < 1.29 is 4.79 Å². The molecule has 3 aromatic heterocycles. The van der Waals surface area contributed by atoms with E-state index in [0.29, 0.717) is 11.3 Å². The van der Waals surface area contributed by atoms with Crippen molar-refractivity contribution >= 4 is 17.3 Å². The number of aromatic nitrogens is 4. The third-order valence-corrected chi connectivity index (χ3v) is 2.73. The molecular formula is C12H10N4O. The van der Waals surface area contributed by atoms with Crippen molar-refractivity contribution in [3.8, 4) is 11.3 Å². The van der Waals surface area contributed by atoms with E-state index >= 15 is 0 Å². The van der Waals surface area contributed by atoms with Gasteiger partial charge in [-0.1, -0.05) is 0 Å². The Morgan fingerprint density at radius 3 is 2.94 bits per heavy atom. The minimum absolute atomic E-state index is 0.536. The fraction of sp³-hybridized carbons (Fsp3) is 0.0833. The lowest BCUT2D eigenvalue weighted by Crippen LogP contribution is -1.85. The summed E-state index contributed by atoms with van der Waals surface area (Å²) in [7, 11) is 0. The summed E-state index contributed by atoms with van der Waals surface area (Å²) in [6.07, 6.45) is 2.53. The Balaban J connectivity index is 2.19. The summed E-state index contributed by atoms with van der Waals surface area (Å²) in [6, 6.07) is 5.64. The first kappa shape index (κ1) is 9.77. The van der Waals surface area contributed by atoms with Gasteiger partial charge in [-0.25, -0.2) is 4.98 Å². The lowest BCUT2D eigenvalue weighted by Gasteiger charge is -1.98. The van der Waals surface area contributed by atoms with Crippen LogP contribution in [0.2, 0.25) is 0 Å². The summed E-state index contributed by atoms with van der Waals surface area (Å²) in [4.78, 5) is 18.1. The van der Waals surface area contributed by atoms with Crippen LogP contribution < -0.4 is 0 Å². The zero-order valence-corrected chi connectivity index (χ0v) is 9.19. The van der Waals surface area contributed by atoms with Crippen molar-refractivity contribution in [1.29, 1.82) is 0 Å². The monoisotopic (exact) mass is 226 g/mol. The number of aromatic amines is 2. The second kappa shape index (κ2) is 3.55. The Morgan fingerprint density at radius 2 is 2.24 bits per heavy atom. The van der Waals surface area contributed by atoms with Gasteiger partial charge in [-0.15, -0.1) is 0 Å². The van der Waals surface area contributed by atoms with E-state index in [4.69, 9.17) is 0 Å². The van der Waals surface area contributed by atoms with Gasteiger partial charge in [0.2, 0.25) is 0 Å². The van der Waals surface area contributed by atoms with Crippen molar-refractivity contribution in [2.24, 2.45) is 0 Å². The van der Waals surface area contributed by atoms with Gasteiger partial charge in [-0.05, 0) is 25.1 Å². The molecule has 5 nitrogen and oxygen atoms in total. The van der Waals surface area contributed by atoms with Crippen LogP contribution in [0.1, 0.15) is 16.2 Å². The number of fused-ring (bicyclic) bond motifs is 1. The van der Waals surface area contributed by atoms with Gasteiger partial charge in [0.25, 0.3) is 0 Å². The topological polar surface area (TPSA) is 74.4 Å². The predicted octanol–water partition coefficient (Wildman–Crippen LogP) is 2.07. The van der Waals surface area contributed by atoms with Gasteiger partial charge in [0.15, 0.2) is 6.29 Å². The van der Waals surface area contributed by atoms with Gasteiger partial charge in [0.1, 0.15) is 5.65 Å². The molecule has 84 valence electrons. The van der Waals surface area contributed by atoms with E-state index in [2.05, 4.69) is 20.2 Å². The van der Waals surface area contributed by atoms with E-state index in [-0.39, 0.29) is 0 Å². The highest BCUT2D eigenvalue weighted by atomic mass is 16.1. The van der Waals surface area contributed by atoms with Crippen LogP contribution in [0.3, 0.4) is 0 Å². The highest BCUT2D eigenvalue weighted by Crippen LogP contribution is 2.22. The molecule has 0 bridgehead atoms. The van der Waals surface area contributed by atoms with Gasteiger partial charge in [-0.3, -0.25) is 9.89 Å². The largest absolute Gasteiger partial charge is 0.337 e. The van der Waals surface area contributed by atoms with Crippen LogP contribution in [-0.4, -0.2) is 26.5 Å². The Kier molecular flexibility index (Phi) is 2.04. The van der Waals surface area contributed by atoms with E-state index in [1.165, 1.54) is 0 Å². The molecule has 0 saturated carbocycles. The van der Waals surface area contributed by atoms with Crippen LogP contribution in [0.25, 0.3) is 22.3 Å². The molecule has 3 heterocycles. The first-order valence-corrected chi connectivity index (χ1v) is 5.23. The van der Waals surface area contributed by atoms with Crippen molar-refractivity contribution in [2.45, 2.75) is 6.92 Å². The molecule has 0 fully saturated rings. The summed E-state index contributed by atoms with van der Waals surface area (Å²) in [5.74, 6) is 0. The van der Waals surface area contributed by atoms with Gasteiger partial charge in [-0.2, -0.15) is 5.10 Å². The third-order valence-electron chi connectivity index (χ3n) is 2.73. The standard InChI is InChI=1S/C12H10N4O/c1-7-10(5-13-16-7)11-3-2-8-4-9(6-17)14-12(8)15-11/h2-6H,1H3,(H,13,16)(H,14,15). The molecule has 5 heteroatoms. The van der Waals surface area contributed by atoms with E-state index < -0.39 is 0 Å². The molecule has 0 spiro atoms. The molecule has 3 rings (SSSR count). The van der Waals surface area contributed by atoms with Crippen molar-refractivity contribution in [3.05, 3.63) is 35.8 Å². The number of pyridine rings is 1. The van der Waals surface area contributed by atoms with Gasteiger partial charge in [0, 0.05) is 16.6 Å². The molecule has 0 aliphatic rings. The van der Waals surface area contributed by atoms with Crippen LogP contribution in [0, 0.1) is 6.92 Å². The van der Waals surface area contributed by atoms with E-state index in [9.17, 15) is 4.79 Å². The summed E-state index contributed by atoms with van der Waals surface area (Å²) in [6.45, 7) is 1.94. The zero-order valence-electron chi connectivity index (χ0n) is 9.19. The first-order valence-electron chi connectivity index (χ1n) is 5.23. The molecule has 0 aromatic carbocycles. The maximum Gasteiger partial charge on any atom is 0.166 e. The summed E-state index contributed by atoms with van der Waals surface area (Å²) < 4.78 is 0. The molecule has 2 N–H and O–H groups in total. The highest BCUT2D eigenvalue weighted by molar-refractivity contribution is 5.87. The number of aryl methyl sites for hydroxylation is 1. The van der Waals surface area contributed by atoms with Crippen LogP contribution >= 0.6 is 0 Å². The number of H-pyrrole nitrogens is 2. The zero-order chi connectivity index (χ0) is 11.8. The number of carbonyl (C=O) groups excluding carboxylic acids is 1. The van der Waals surface area contributed by atoms with Crippen LogP contribution in [-0.2, 0) is 0 Å². The second-order valence-electron chi connectivity index (χ2n) is 3.89. The number of hydrogen-bond acceptors (Lipinski definition) is 3.